The molecule has 0 aliphatic carbocycles. The molecular formula is C9H16O2. The average molecular weight is 156 g/mol. The van der Waals surface area contributed by atoms with Crippen molar-refractivity contribution in [1.29, 1.82) is 0 Å². The van der Waals surface area contributed by atoms with Crippen molar-refractivity contribution in [3.63, 3.8) is 0 Å². The fraction of sp³-hybridized carbons (Fsp3) is 0.667. The highest BCUT2D eigenvalue weighted by molar-refractivity contribution is 5.66. The van der Waals surface area contributed by atoms with Crippen molar-refractivity contribution in [3.05, 3.63) is 11.6 Å². The summed E-state index contributed by atoms with van der Waals surface area (Å²) in [4.78, 5) is 10.1. The van der Waals surface area contributed by atoms with E-state index >= 15 is 0 Å². The molecule has 64 valence electrons. The van der Waals surface area contributed by atoms with E-state index in [0.717, 1.165) is 11.9 Å². The van der Waals surface area contributed by atoms with Crippen LogP contribution in [0.15, 0.2) is 11.6 Å². The molecule has 0 saturated carbocycles. The number of carbonyl (C=O) groups excluding carboxylic acids is 1. The van der Waals surface area contributed by atoms with Gasteiger partial charge in [0, 0.05) is 13.0 Å². The molecule has 0 amide bonds. The summed E-state index contributed by atoms with van der Waals surface area (Å²) >= 11 is 0. The lowest BCUT2D eigenvalue weighted by molar-refractivity contribution is -0.104. The molecule has 2 atom stereocenters. The van der Waals surface area contributed by atoms with Gasteiger partial charge in [-0.25, -0.2) is 0 Å². The minimum Gasteiger partial charge on any atom is -0.381 e. The molecule has 0 bridgehead atoms. The molecule has 0 fully saturated rings. The van der Waals surface area contributed by atoms with Gasteiger partial charge >= 0.3 is 0 Å². The van der Waals surface area contributed by atoms with Gasteiger partial charge in [0.25, 0.3) is 0 Å². The Morgan fingerprint density at radius 2 is 2.00 bits per heavy atom. The van der Waals surface area contributed by atoms with E-state index in [2.05, 4.69) is 0 Å². The van der Waals surface area contributed by atoms with E-state index in [1.54, 1.807) is 13.2 Å². The maximum absolute atomic E-state index is 10.1. The van der Waals surface area contributed by atoms with E-state index in [0.29, 0.717) is 5.92 Å². The first kappa shape index (κ1) is 10.4. The number of hydrogen-bond donors (Lipinski definition) is 0. The zero-order valence-electron chi connectivity index (χ0n) is 7.63. The lowest BCUT2D eigenvalue weighted by Crippen LogP contribution is -2.17. The number of hydrogen-bond acceptors (Lipinski definition) is 2. The number of allylic oxidation sites excluding steroid dienone is 1. The molecule has 0 aliphatic rings. The maximum Gasteiger partial charge on any atom is 0.142 e. The molecule has 0 aromatic heterocycles. The van der Waals surface area contributed by atoms with E-state index in [-0.39, 0.29) is 6.10 Å². The van der Waals surface area contributed by atoms with Crippen LogP contribution in [0.4, 0.5) is 0 Å². The summed E-state index contributed by atoms with van der Waals surface area (Å²) in [6, 6.07) is 0. The molecule has 2 nitrogen and oxygen atoms in total. The molecule has 0 radical (unpaired) electrons. The Morgan fingerprint density at radius 3 is 2.36 bits per heavy atom. The third-order valence-electron chi connectivity index (χ3n) is 2.13. The van der Waals surface area contributed by atoms with E-state index in [9.17, 15) is 4.79 Å². The summed E-state index contributed by atoms with van der Waals surface area (Å²) in [6.07, 6.45) is 2.57. The Balaban J connectivity index is 4.11. The fourth-order valence-electron chi connectivity index (χ4n) is 0.833. The van der Waals surface area contributed by atoms with Crippen molar-refractivity contribution in [3.8, 4) is 0 Å². The molecule has 0 spiro atoms. The molecule has 2 unspecified atom stereocenters. The molecule has 2 heteroatoms. The molecule has 0 aromatic rings. The number of aldehydes is 1. The van der Waals surface area contributed by atoms with E-state index in [1.807, 2.05) is 20.8 Å². The first-order valence-electron chi connectivity index (χ1n) is 3.78. The highest BCUT2D eigenvalue weighted by Gasteiger charge is 2.11. The van der Waals surface area contributed by atoms with Crippen molar-refractivity contribution in [2.45, 2.75) is 26.9 Å². The van der Waals surface area contributed by atoms with Crippen molar-refractivity contribution >= 4 is 6.29 Å². The Bertz CT molecular complexity index is 150. The van der Waals surface area contributed by atoms with Gasteiger partial charge in [0.05, 0.1) is 6.10 Å². The van der Waals surface area contributed by atoms with Crippen LogP contribution < -0.4 is 0 Å². The zero-order chi connectivity index (χ0) is 8.85. The van der Waals surface area contributed by atoms with Crippen LogP contribution >= 0.6 is 0 Å². The van der Waals surface area contributed by atoms with Gasteiger partial charge in [-0.2, -0.15) is 0 Å². The quantitative estimate of drug-likeness (QED) is 0.458. The molecule has 0 N–H and O–H groups in total. The summed E-state index contributed by atoms with van der Waals surface area (Å²) in [6.45, 7) is 5.98. The summed E-state index contributed by atoms with van der Waals surface area (Å²) in [7, 11) is 1.68. The first-order chi connectivity index (χ1) is 5.13. The second-order valence-electron chi connectivity index (χ2n) is 2.78. The van der Waals surface area contributed by atoms with E-state index in [4.69, 9.17) is 4.74 Å². The SMILES string of the molecule is COC(C)C(C)C(C)=CC=O. The minimum absolute atomic E-state index is 0.172. The van der Waals surface area contributed by atoms with Crippen LogP contribution in [0.1, 0.15) is 20.8 Å². The van der Waals surface area contributed by atoms with Gasteiger partial charge < -0.3 is 4.74 Å². The van der Waals surface area contributed by atoms with Crippen molar-refractivity contribution in [2.24, 2.45) is 5.92 Å². The van der Waals surface area contributed by atoms with Crippen LogP contribution in [0.2, 0.25) is 0 Å². The highest BCUT2D eigenvalue weighted by Crippen LogP contribution is 2.15. The minimum atomic E-state index is 0.172. The maximum atomic E-state index is 10.1. The summed E-state index contributed by atoms with van der Waals surface area (Å²) < 4.78 is 5.12. The van der Waals surface area contributed by atoms with Gasteiger partial charge in [0.2, 0.25) is 0 Å². The summed E-state index contributed by atoms with van der Waals surface area (Å²) in [5.41, 5.74) is 1.06. The Morgan fingerprint density at radius 1 is 1.45 bits per heavy atom. The molecule has 0 heterocycles. The van der Waals surface area contributed by atoms with Crippen LogP contribution in [0.25, 0.3) is 0 Å². The first-order valence-corrected chi connectivity index (χ1v) is 3.78. The standard InChI is InChI=1S/C9H16O2/c1-7(5-6-10)8(2)9(3)11-4/h5-6,8-9H,1-4H3. The number of carbonyl (C=O) groups is 1. The lowest BCUT2D eigenvalue weighted by atomic mass is 9.97. The van der Waals surface area contributed by atoms with E-state index in [1.165, 1.54) is 0 Å². The van der Waals surface area contributed by atoms with Crippen LogP contribution in [0.5, 0.6) is 0 Å². The van der Waals surface area contributed by atoms with Gasteiger partial charge in [0.15, 0.2) is 0 Å². The zero-order valence-corrected chi connectivity index (χ0v) is 7.63. The normalized spacial score (nSPS) is 17.6. The number of ether oxygens (including phenoxy) is 1. The molecule has 0 aromatic carbocycles. The topological polar surface area (TPSA) is 26.3 Å². The average Bonchev–Trinajstić information content (AvgIpc) is 2.02. The van der Waals surface area contributed by atoms with Gasteiger partial charge in [0.1, 0.15) is 6.29 Å². The van der Waals surface area contributed by atoms with Gasteiger partial charge in [-0.15, -0.1) is 0 Å². The number of methoxy groups -OCH3 is 1. The highest BCUT2D eigenvalue weighted by atomic mass is 16.5. The molecule has 11 heavy (non-hydrogen) atoms. The van der Waals surface area contributed by atoms with Crippen LogP contribution in [-0.2, 0) is 9.53 Å². The molecular weight excluding hydrogens is 140 g/mol. The molecule has 0 rings (SSSR count). The monoisotopic (exact) mass is 156 g/mol. The fourth-order valence-corrected chi connectivity index (χ4v) is 0.833. The van der Waals surface area contributed by atoms with E-state index < -0.39 is 0 Å². The third-order valence-corrected chi connectivity index (χ3v) is 2.13. The predicted molar refractivity (Wildman–Crippen MR) is 45.5 cm³/mol. The van der Waals surface area contributed by atoms with Crippen molar-refractivity contribution in [1.82, 2.24) is 0 Å². The van der Waals surface area contributed by atoms with Gasteiger partial charge in [-0.1, -0.05) is 12.5 Å². The molecule has 0 aliphatic heterocycles. The second-order valence-corrected chi connectivity index (χ2v) is 2.78. The number of rotatable bonds is 4. The second kappa shape index (κ2) is 5.08. The van der Waals surface area contributed by atoms with Crippen molar-refractivity contribution in [2.75, 3.05) is 7.11 Å². The van der Waals surface area contributed by atoms with Crippen LogP contribution in [0.3, 0.4) is 0 Å². The predicted octanol–water partition coefficient (Wildman–Crippen LogP) is 1.80. The van der Waals surface area contributed by atoms with Crippen LogP contribution in [-0.4, -0.2) is 19.5 Å². The van der Waals surface area contributed by atoms with Gasteiger partial charge in [-0.3, -0.25) is 4.79 Å². The third kappa shape index (κ3) is 3.33. The lowest BCUT2D eigenvalue weighted by Gasteiger charge is -2.18. The summed E-state index contributed by atoms with van der Waals surface area (Å²) in [5.74, 6) is 0.310. The Kier molecular flexibility index (Phi) is 4.79. The smallest absolute Gasteiger partial charge is 0.142 e. The van der Waals surface area contributed by atoms with Gasteiger partial charge in [-0.05, 0) is 19.9 Å². The Hall–Kier alpha value is -0.630. The summed E-state index contributed by atoms with van der Waals surface area (Å²) in [5, 5.41) is 0. The van der Waals surface area contributed by atoms with Crippen LogP contribution in [0, 0.1) is 5.92 Å². The van der Waals surface area contributed by atoms with Crippen molar-refractivity contribution < 1.29 is 9.53 Å². The molecule has 0 saturated heterocycles. The largest absolute Gasteiger partial charge is 0.381 e. The Labute approximate surface area is 68.2 Å².